The number of rotatable bonds is 3. The van der Waals surface area contributed by atoms with Crippen LogP contribution in [0.1, 0.15) is 19.5 Å². The predicted octanol–water partition coefficient (Wildman–Crippen LogP) is 4.43. The highest BCUT2D eigenvalue weighted by Crippen LogP contribution is 2.29. The average Bonchev–Trinajstić information content (AvgIpc) is 2.37. The van der Waals surface area contributed by atoms with E-state index in [-0.39, 0.29) is 5.82 Å². The molecule has 2 aromatic rings. The minimum absolute atomic E-state index is 0.325. The molecule has 0 unspecified atom stereocenters. The molecular weight excluding hydrogens is 436 g/mol. The molecule has 0 fully saturated rings. The van der Waals surface area contributed by atoms with Crippen molar-refractivity contribution in [2.45, 2.75) is 20.3 Å². The Morgan fingerprint density at radius 3 is 2.70 bits per heavy atom. The number of nitrogens with zero attached hydrogens (tertiary/aromatic N) is 2. The summed E-state index contributed by atoms with van der Waals surface area (Å²) in [7, 11) is 0. The lowest BCUT2D eigenvalue weighted by Crippen LogP contribution is -2.07. The molecule has 3 nitrogen and oxygen atoms in total. The standard InChI is InChI=1S/C14H14BrFIN3/c1-7(2)5-11-12(17)13(18)20-14(19-11)9-6-8(16)3-4-10(9)15/h3-4,6-7H,5H2,1-2H3,(H2,18,19,20). The van der Waals surface area contributed by atoms with Crippen molar-refractivity contribution in [1.82, 2.24) is 9.97 Å². The maximum Gasteiger partial charge on any atom is 0.163 e. The van der Waals surface area contributed by atoms with Crippen LogP contribution in [0.25, 0.3) is 11.4 Å². The summed E-state index contributed by atoms with van der Waals surface area (Å²) in [4.78, 5) is 8.83. The quantitative estimate of drug-likeness (QED) is 0.705. The Hall–Kier alpha value is -0.760. The zero-order valence-electron chi connectivity index (χ0n) is 11.1. The molecule has 20 heavy (non-hydrogen) atoms. The molecule has 0 bridgehead atoms. The topological polar surface area (TPSA) is 51.8 Å². The number of halogens is 3. The van der Waals surface area contributed by atoms with Gasteiger partial charge in [0.25, 0.3) is 0 Å². The molecule has 2 rings (SSSR count). The van der Waals surface area contributed by atoms with Gasteiger partial charge in [-0.05, 0) is 53.1 Å². The zero-order valence-corrected chi connectivity index (χ0v) is 14.9. The van der Waals surface area contributed by atoms with Gasteiger partial charge in [0, 0.05) is 10.0 Å². The SMILES string of the molecule is CC(C)Cc1nc(-c2cc(F)ccc2Br)nc(N)c1I. The summed E-state index contributed by atoms with van der Waals surface area (Å²) in [6, 6.07) is 4.44. The van der Waals surface area contributed by atoms with Crippen molar-refractivity contribution >= 4 is 44.3 Å². The van der Waals surface area contributed by atoms with Crippen molar-refractivity contribution in [2.75, 3.05) is 5.73 Å². The number of anilines is 1. The predicted molar refractivity (Wildman–Crippen MR) is 90.8 cm³/mol. The van der Waals surface area contributed by atoms with E-state index >= 15 is 0 Å². The van der Waals surface area contributed by atoms with Gasteiger partial charge in [0.2, 0.25) is 0 Å². The molecule has 6 heteroatoms. The summed E-state index contributed by atoms with van der Waals surface area (Å²) in [5.74, 6) is 1.02. The van der Waals surface area contributed by atoms with Crippen molar-refractivity contribution < 1.29 is 4.39 Å². The summed E-state index contributed by atoms with van der Waals surface area (Å²) in [6.45, 7) is 4.23. The van der Waals surface area contributed by atoms with E-state index in [9.17, 15) is 4.39 Å². The Balaban J connectivity index is 2.57. The number of benzene rings is 1. The van der Waals surface area contributed by atoms with Crippen LogP contribution in [0.3, 0.4) is 0 Å². The van der Waals surface area contributed by atoms with Crippen LogP contribution < -0.4 is 5.73 Å². The molecular formula is C14H14BrFIN3. The average molecular weight is 450 g/mol. The first-order valence-electron chi connectivity index (χ1n) is 6.15. The lowest BCUT2D eigenvalue weighted by Gasteiger charge is -2.11. The Morgan fingerprint density at radius 1 is 1.35 bits per heavy atom. The molecule has 0 amide bonds. The van der Waals surface area contributed by atoms with Gasteiger partial charge in [-0.1, -0.05) is 29.8 Å². The lowest BCUT2D eigenvalue weighted by atomic mass is 10.1. The van der Waals surface area contributed by atoms with Gasteiger partial charge in [-0.3, -0.25) is 0 Å². The maximum atomic E-state index is 13.4. The number of hydrogen-bond donors (Lipinski definition) is 1. The van der Waals surface area contributed by atoms with Gasteiger partial charge in [0.15, 0.2) is 5.82 Å². The van der Waals surface area contributed by atoms with Crippen molar-refractivity contribution in [2.24, 2.45) is 5.92 Å². The van der Waals surface area contributed by atoms with Gasteiger partial charge in [-0.15, -0.1) is 0 Å². The summed E-state index contributed by atoms with van der Waals surface area (Å²) in [5.41, 5.74) is 7.47. The van der Waals surface area contributed by atoms with Crippen molar-refractivity contribution in [1.29, 1.82) is 0 Å². The second-order valence-electron chi connectivity index (χ2n) is 4.92. The van der Waals surface area contributed by atoms with Gasteiger partial charge in [-0.25, -0.2) is 14.4 Å². The van der Waals surface area contributed by atoms with Gasteiger partial charge in [-0.2, -0.15) is 0 Å². The Kier molecular flexibility index (Phi) is 4.95. The first-order valence-corrected chi connectivity index (χ1v) is 8.03. The highest BCUT2D eigenvalue weighted by molar-refractivity contribution is 14.1. The summed E-state index contributed by atoms with van der Waals surface area (Å²) >= 11 is 5.55. The number of aromatic nitrogens is 2. The van der Waals surface area contributed by atoms with E-state index in [1.165, 1.54) is 12.1 Å². The van der Waals surface area contributed by atoms with Crippen molar-refractivity contribution in [3.05, 3.63) is 37.8 Å². The second-order valence-corrected chi connectivity index (χ2v) is 6.85. The highest BCUT2D eigenvalue weighted by atomic mass is 127. The first kappa shape index (κ1) is 15.6. The number of nitrogen functional groups attached to an aromatic ring is 1. The van der Waals surface area contributed by atoms with Crippen LogP contribution in [-0.2, 0) is 6.42 Å². The molecule has 0 saturated heterocycles. The molecule has 0 atom stereocenters. The molecule has 0 radical (unpaired) electrons. The van der Waals surface area contributed by atoms with Gasteiger partial charge < -0.3 is 5.73 Å². The van der Waals surface area contributed by atoms with Crippen molar-refractivity contribution in [3.8, 4) is 11.4 Å². The molecule has 1 aromatic heterocycles. The highest BCUT2D eigenvalue weighted by Gasteiger charge is 2.15. The Labute approximate surface area is 139 Å². The first-order chi connectivity index (χ1) is 9.38. The third-order valence-corrected chi connectivity index (χ3v) is 4.58. The van der Waals surface area contributed by atoms with E-state index in [4.69, 9.17) is 5.73 Å². The van der Waals surface area contributed by atoms with Gasteiger partial charge in [0.05, 0.1) is 9.26 Å². The molecule has 106 valence electrons. The molecule has 1 aromatic carbocycles. The summed E-state index contributed by atoms with van der Waals surface area (Å²) < 4.78 is 15.0. The fraction of sp³-hybridized carbons (Fsp3) is 0.286. The normalized spacial score (nSPS) is 11.1. The maximum absolute atomic E-state index is 13.4. The minimum Gasteiger partial charge on any atom is -0.383 e. The molecule has 0 aliphatic carbocycles. The third-order valence-electron chi connectivity index (χ3n) is 2.72. The monoisotopic (exact) mass is 449 g/mol. The van der Waals surface area contributed by atoms with E-state index in [0.29, 0.717) is 23.1 Å². The Morgan fingerprint density at radius 2 is 2.05 bits per heavy atom. The Bertz CT molecular complexity index is 647. The van der Waals surface area contributed by atoms with E-state index in [0.717, 1.165) is 20.2 Å². The molecule has 0 spiro atoms. The zero-order chi connectivity index (χ0) is 14.9. The molecule has 2 N–H and O–H groups in total. The van der Waals surface area contributed by atoms with Crippen LogP contribution in [0, 0.1) is 15.3 Å². The van der Waals surface area contributed by atoms with Crippen LogP contribution in [0.2, 0.25) is 0 Å². The largest absolute Gasteiger partial charge is 0.383 e. The third kappa shape index (κ3) is 3.46. The fourth-order valence-corrected chi connectivity index (χ4v) is 2.71. The van der Waals surface area contributed by atoms with Crippen LogP contribution in [0.5, 0.6) is 0 Å². The van der Waals surface area contributed by atoms with E-state index < -0.39 is 0 Å². The van der Waals surface area contributed by atoms with Crippen LogP contribution in [0.4, 0.5) is 10.2 Å². The molecule has 0 aliphatic rings. The minimum atomic E-state index is -0.325. The van der Waals surface area contributed by atoms with E-state index in [1.807, 2.05) is 0 Å². The van der Waals surface area contributed by atoms with Crippen molar-refractivity contribution in [3.63, 3.8) is 0 Å². The number of hydrogen-bond acceptors (Lipinski definition) is 3. The van der Waals surface area contributed by atoms with Gasteiger partial charge in [0.1, 0.15) is 11.6 Å². The van der Waals surface area contributed by atoms with E-state index in [1.54, 1.807) is 6.07 Å². The number of nitrogens with two attached hydrogens (primary N) is 1. The lowest BCUT2D eigenvalue weighted by molar-refractivity contribution is 0.626. The summed E-state index contributed by atoms with van der Waals surface area (Å²) in [6.07, 6.45) is 0.810. The van der Waals surface area contributed by atoms with Crippen LogP contribution >= 0.6 is 38.5 Å². The molecule has 1 heterocycles. The summed E-state index contributed by atoms with van der Waals surface area (Å²) in [5, 5.41) is 0. The second kappa shape index (κ2) is 6.34. The smallest absolute Gasteiger partial charge is 0.163 e. The van der Waals surface area contributed by atoms with Crippen LogP contribution in [-0.4, -0.2) is 9.97 Å². The van der Waals surface area contributed by atoms with E-state index in [2.05, 4.69) is 62.3 Å². The molecule has 0 saturated carbocycles. The van der Waals surface area contributed by atoms with Gasteiger partial charge >= 0.3 is 0 Å². The molecule has 0 aliphatic heterocycles. The fourth-order valence-electron chi connectivity index (χ4n) is 1.82. The van der Waals surface area contributed by atoms with Crippen LogP contribution in [0.15, 0.2) is 22.7 Å².